The number of aryl methyl sites for hydroxylation is 1. The number of sulfonamides is 1. The monoisotopic (exact) mass is 386 g/mol. The molecule has 0 saturated carbocycles. The third-order valence-corrected chi connectivity index (χ3v) is 6.40. The third-order valence-electron chi connectivity index (χ3n) is 4.51. The van der Waals surface area contributed by atoms with Crippen LogP contribution in [0.1, 0.15) is 31.6 Å². The molecular weight excluding hydrogens is 366 g/mol. The van der Waals surface area contributed by atoms with Gasteiger partial charge >= 0.3 is 0 Å². The second-order valence-electron chi connectivity index (χ2n) is 6.09. The Morgan fingerprint density at radius 1 is 1.19 bits per heavy atom. The Morgan fingerprint density at radius 3 is 2.46 bits per heavy atom. The van der Waals surface area contributed by atoms with Crippen molar-refractivity contribution < 1.29 is 21.7 Å². The van der Waals surface area contributed by atoms with Gasteiger partial charge in [0.1, 0.15) is 0 Å². The molecule has 7 nitrogen and oxygen atoms in total. The molecule has 1 atom stereocenters. The van der Waals surface area contributed by atoms with Gasteiger partial charge in [0.15, 0.2) is 17.5 Å². The topological polar surface area (TPSA) is 79.5 Å². The molecule has 1 unspecified atom stereocenters. The largest absolute Gasteiger partial charge is 0.338 e. The normalized spacial score (nSPS) is 18.2. The van der Waals surface area contributed by atoms with E-state index < -0.39 is 21.7 Å². The lowest BCUT2D eigenvalue weighted by molar-refractivity contribution is 0.124. The minimum absolute atomic E-state index is 0.129. The van der Waals surface area contributed by atoms with Gasteiger partial charge in [-0.2, -0.15) is 9.29 Å². The van der Waals surface area contributed by atoms with Crippen LogP contribution in [0.3, 0.4) is 0 Å². The first-order valence-electron chi connectivity index (χ1n) is 8.34. The first kappa shape index (κ1) is 18.9. The van der Waals surface area contributed by atoms with Gasteiger partial charge in [0.05, 0.1) is 10.9 Å². The molecule has 1 aliphatic heterocycles. The zero-order chi connectivity index (χ0) is 18.9. The molecule has 1 fully saturated rings. The quantitative estimate of drug-likeness (QED) is 0.782. The van der Waals surface area contributed by atoms with E-state index >= 15 is 0 Å². The van der Waals surface area contributed by atoms with E-state index in [0.717, 1.165) is 12.1 Å². The second kappa shape index (κ2) is 7.37. The van der Waals surface area contributed by atoms with E-state index in [4.69, 9.17) is 4.52 Å². The van der Waals surface area contributed by atoms with Crippen LogP contribution in [0.4, 0.5) is 8.78 Å². The van der Waals surface area contributed by atoms with Gasteiger partial charge < -0.3 is 4.52 Å². The first-order valence-corrected chi connectivity index (χ1v) is 9.78. The van der Waals surface area contributed by atoms with Gasteiger partial charge in [0.2, 0.25) is 15.9 Å². The van der Waals surface area contributed by atoms with E-state index in [2.05, 4.69) is 10.1 Å². The number of piperazine rings is 1. The summed E-state index contributed by atoms with van der Waals surface area (Å²) in [5, 5.41) is 3.87. The summed E-state index contributed by atoms with van der Waals surface area (Å²) < 4.78 is 58.2. The highest BCUT2D eigenvalue weighted by Gasteiger charge is 2.32. The molecule has 1 saturated heterocycles. The Labute approximate surface area is 150 Å². The van der Waals surface area contributed by atoms with Gasteiger partial charge in [-0.3, -0.25) is 4.90 Å². The molecule has 26 heavy (non-hydrogen) atoms. The second-order valence-corrected chi connectivity index (χ2v) is 8.03. The van der Waals surface area contributed by atoms with Gasteiger partial charge in [-0.15, -0.1) is 0 Å². The molecule has 3 rings (SSSR count). The highest BCUT2D eigenvalue weighted by Crippen LogP contribution is 2.24. The maximum atomic E-state index is 13.4. The molecule has 2 heterocycles. The Kier molecular flexibility index (Phi) is 5.35. The molecule has 0 spiro atoms. The number of halogens is 2. The van der Waals surface area contributed by atoms with Gasteiger partial charge in [0.25, 0.3) is 0 Å². The van der Waals surface area contributed by atoms with Crippen molar-refractivity contribution in [3.05, 3.63) is 41.5 Å². The maximum absolute atomic E-state index is 13.4. The van der Waals surface area contributed by atoms with Crippen LogP contribution in [0.2, 0.25) is 0 Å². The van der Waals surface area contributed by atoms with Crippen molar-refractivity contribution in [1.82, 2.24) is 19.3 Å². The van der Waals surface area contributed by atoms with Crippen LogP contribution in [0, 0.1) is 11.6 Å². The zero-order valence-corrected chi connectivity index (χ0v) is 15.3. The fraction of sp³-hybridized carbons (Fsp3) is 0.500. The van der Waals surface area contributed by atoms with Crippen molar-refractivity contribution in [3.63, 3.8) is 0 Å². The fourth-order valence-corrected chi connectivity index (χ4v) is 4.29. The van der Waals surface area contributed by atoms with Crippen molar-refractivity contribution in [2.75, 3.05) is 26.2 Å². The van der Waals surface area contributed by atoms with Crippen LogP contribution < -0.4 is 0 Å². The summed E-state index contributed by atoms with van der Waals surface area (Å²) in [7, 11) is -3.87. The average molecular weight is 386 g/mol. The number of aromatic nitrogens is 2. The SMILES string of the molecule is CCc1noc(C(C)N2CCN(S(=O)(=O)c3ccc(F)c(F)c3)CC2)n1. The summed E-state index contributed by atoms with van der Waals surface area (Å²) in [6.07, 6.45) is 0.677. The molecule has 0 bridgehead atoms. The molecule has 0 aliphatic carbocycles. The fourth-order valence-electron chi connectivity index (χ4n) is 2.85. The molecular formula is C16H20F2N4O3S. The van der Waals surface area contributed by atoms with Crippen molar-refractivity contribution in [2.24, 2.45) is 0 Å². The molecule has 1 aliphatic rings. The minimum Gasteiger partial charge on any atom is -0.338 e. The smallest absolute Gasteiger partial charge is 0.243 e. The van der Waals surface area contributed by atoms with E-state index in [9.17, 15) is 17.2 Å². The Hall–Kier alpha value is -1.91. The Balaban J connectivity index is 1.68. The average Bonchev–Trinajstić information content (AvgIpc) is 3.12. The highest BCUT2D eigenvalue weighted by molar-refractivity contribution is 7.89. The van der Waals surface area contributed by atoms with E-state index in [1.165, 1.54) is 4.31 Å². The first-order chi connectivity index (χ1) is 12.3. The van der Waals surface area contributed by atoms with Crippen LogP contribution in [0.5, 0.6) is 0 Å². The lowest BCUT2D eigenvalue weighted by Crippen LogP contribution is -2.49. The molecule has 1 aromatic carbocycles. The van der Waals surface area contributed by atoms with Crippen LogP contribution in [0.25, 0.3) is 0 Å². The zero-order valence-electron chi connectivity index (χ0n) is 14.5. The van der Waals surface area contributed by atoms with Crippen molar-refractivity contribution in [2.45, 2.75) is 31.2 Å². The predicted molar refractivity (Wildman–Crippen MR) is 88.8 cm³/mol. The summed E-state index contributed by atoms with van der Waals surface area (Å²) in [5.74, 6) is -1.12. The molecule has 1 aromatic heterocycles. The lowest BCUT2D eigenvalue weighted by atomic mass is 10.2. The summed E-state index contributed by atoms with van der Waals surface area (Å²) >= 11 is 0. The number of rotatable bonds is 5. The molecule has 0 radical (unpaired) electrons. The van der Waals surface area contributed by atoms with E-state index in [1.807, 2.05) is 18.7 Å². The van der Waals surface area contributed by atoms with Crippen LogP contribution in [0.15, 0.2) is 27.6 Å². The van der Waals surface area contributed by atoms with Crippen LogP contribution in [-0.2, 0) is 16.4 Å². The third kappa shape index (κ3) is 3.62. The highest BCUT2D eigenvalue weighted by atomic mass is 32.2. The predicted octanol–water partition coefficient (Wildman–Crippen LogP) is 1.98. The summed E-state index contributed by atoms with van der Waals surface area (Å²) in [5.41, 5.74) is 0. The van der Waals surface area contributed by atoms with E-state index in [1.54, 1.807) is 0 Å². The van der Waals surface area contributed by atoms with E-state index in [0.29, 0.717) is 37.3 Å². The van der Waals surface area contributed by atoms with Gasteiger partial charge in [-0.1, -0.05) is 12.1 Å². The Morgan fingerprint density at radius 2 is 1.88 bits per heavy atom. The van der Waals surface area contributed by atoms with Gasteiger partial charge in [-0.25, -0.2) is 17.2 Å². The molecule has 0 amide bonds. The van der Waals surface area contributed by atoms with Crippen molar-refractivity contribution >= 4 is 10.0 Å². The lowest BCUT2D eigenvalue weighted by Gasteiger charge is -2.36. The van der Waals surface area contributed by atoms with E-state index in [-0.39, 0.29) is 24.0 Å². The number of hydrogen-bond acceptors (Lipinski definition) is 6. The summed E-state index contributed by atoms with van der Waals surface area (Å²) in [6, 6.07) is 2.48. The number of benzene rings is 1. The van der Waals surface area contributed by atoms with Gasteiger partial charge in [-0.05, 0) is 25.1 Å². The summed E-state index contributed by atoms with van der Waals surface area (Å²) in [4.78, 5) is 6.11. The van der Waals surface area contributed by atoms with Crippen molar-refractivity contribution in [3.8, 4) is 0 Å². The van der Waals surface area contributed by atoms with Crippen LogP contribution in [-0.4, -0.2) is 53.9 Å². The number of nitrogens with zero attached hydrogens (tertiary/aromatic N) is 4. The molecule has 10 heteroatoms. The number of hydrogen-bond donors (Lipinski definition) is 0. The standard InChI is InChI=1S/C16H20F2N4O3S/c1-3-15-19-16(25-20-15)11(2)21-6-8-22(9-7-21)26(23,24)12-4-5-13(17)14(18)10-12/h4-5,10-11H,3,6-9H2,1-2H3. The van der Waals surface area contributed by atoms with Crippen molar-refractivity contribution in [1.29, 1.82) is 0 Å². The molecule has 2 aromatic rings. The summed E-state index contributed by atoms with van der Waals surface area (Å²) in [6.45, 7) is 5.26. The maximum Gasteiger partial charge on any atom is 0.243 e. The minimum atomic E-state index is -3.87. The Bertz CT molecular complexity index is 879. The molecule has 0 N–H and O–H groups in total. The molecule has 142 valence electrons. The van der Waals surface area contributed by atoms with Gasteiger partial charge in [0, 0.05) is 32.6 Å². The van der Waals surface area contributed by atoms with Crippen LogP contribution >= 0.6 is 0 Å².